The Kier molecular flexibility index (Phi) is 9.05. The van der Waals surface area contributed by atoms with Gasteiger partial charge in [-0.15, -0.1) is 0 Å². The highest BCUT2D eigenvalue weighted by Crippen LogP contribution is 2.17. The number of aliphatic imine (C=N–C) groups is 2. The quantitative estimate of drug-likeness (QED) is 0.184. The Morgan fingerprint density at radius 3 is 1.19 bits per heavy atom. The molecule has 4 aromatic carbocycles. The fourth-order valence-electron chi connectivity index (χ4n) is 3.67. The van der Waals surface area contributed by atoms with Crippen molar-refractivity contribution in [3.05, 3.63) is 144 Å². The van der Waals surface area contributed by atoms with Gasteiger partial charge in [0.1, 0.15) is 0 Å². The molecule has 0 amide bonds. The van der Waals surface area contributed by atoms with Crippen LogP contribution in [0.15, 0.2) is 131 Å². The smallest absolute Gasteiger partial charge is 0.0784 e. The van der Waals surface area contributed by atoms with Crippen LogP contribution >= 0.6 is 0 Å². The van der Waals surface area contributed by atoms with Gasteiger partial charge in [-0.3, -0.25) is 9.98 Å². The predicted octanol–water partition coefficient (Wildman–Crippen LogP) is 7.63. The van der Waals surface area contributed by atoms with Crippen LogP contribution < -0.4 is 0 Å². The van der Waals surface area contributed by atoms with Crippen molar-refractivity contribution < 1.29 is 0 Å². The van der Waals surface area contributed by atoms with Crippen molar-refractivity contribution in [2.75, 3.05) is 13.1 Å². The van der Waals surface area contributed by atoms with Crippen LogP contribution in [0.3, 0.4) is 0 Å². The summed E-state index contributed by atoms with van der Waals surface area (Å²) >= 11 is 0. The Morgan fingerprint density at radius 2 is 0.833 bits per heavy atom. The van der Waals surface area contributed by atoms with Crippen LogP contribution in [0.5, 0.6) is 0 Å². The van der Waals surface area contributed by atoms with Crippen LogP contribution in [0.2, 0.25) is 0 Å². The van der Waals surface area contributed by atoms with E-state index in [1.165, 1.54) is 0 Å². The molecule has 0 unspecified atom stereocenters. The van der Waals surface area contributed by atoms with Gasteiger partial charge < -0.3 is 5.41 Å². The highest BCUT2D eigenvalue weighted by Gasteiger charge is 2.01. The first kappa shape index (κ1) is 24.5. The average Bonchev–Trinajstić information content (AvgIpc) is 2.94. The van der Waals surface area contributed by atoms with Crippen LogP contribution in [-0.4, -0.2) is 31.2 Å². The van der Waals surface area contributed by atoms with Crippen LogP contribution in [0, 0.1) is 5.41 Å². The second-order valence-electron chi connectivity index (χ2n) is 8.30. The fourth-order valence-corrected chi connectivity index (χ4v) is 3.67. The van der Waals surface area contributed by atoms with Crippen LogP contribution in [-0.2, 0) is 0 Å². The molecule has 36 heavy (non-hydrogen) atoms. The molecule has 0 atom stereocenters. The average molecular weight is 468 g/mol. The molecule has 0 saturated carbocycles. The lowest BCUT2D eigenvalue weighted by Gasteiger charge is -2.04. The molecule has 0 aromatic heterocycles. The van der Waals surface area contributed by atoms with Gasteiger partial charge in [-0.2, -0.15) is 0 Å². The molecule has 176 valence electrons. The second-order valence-corrected chi connectivity index (χ2v) is 8.30. The summed E-state index contributed by atoms with van der Waals surface area (Å²) in [4.78, 5) is 9.12. The van der Waals surface area contributed by atoms with Crippen LogP contribution in [0.25, 0.3) is 23.3 Å². The third kappa shape index (κ3) is 7.71. The molecule has 3 nitrogen and oxygen atoms in total. The first-order chi connectivity index (χ1) is 17.8. The number of rotatable bonds is 10. The molecule has 0 radical (unpaired) electrons. The van der Waals surface area contributed by atoms with Gasteiger partial charge in [0, 0.05) is 23.6 Å². The molecular formula is C33H29N3. The van der Waals surface area contributed by atoms with Crippen LogP contribution in [0.1, 0.15) is 22.3 Å². The van der Waals surface area contributed by atoms with E-state index in [2.05, 4.69) is 70.7 Å². The first-order valence-corrected chi connectivity index (χ1v) is 12.0. The molecule has 0 aliphatic carbocycles. The summed E-state index contributed by atoms with van der Waals surface area (Å²) in [6.07, 6.45) is 7.93. The summed E-state index contributed by atoms with van der Waals surface area (Å²) in [5.74, 6) is 0. The predicted molar refractivity (Wildman–Crippen MR) is 156 cm³/mol. The van der Waals surface area contributed by atoms with E-state index in [1.54, 1.807) is 0 Å². The third-order valence-electron chi connectivity index (χ3n) is 5.48. The number of hydrogen-bond donors (Lipinski definition) is 1. The number of nitrogens with one attached hydrogen (secondary N) is 1. The topological polar surface area (TPSA) is 48.6 Å². The minimum atomic E-state index is 0.305. The summed E-state index contributed by atoms with van der Waals surface area (Å²) in [5.41, 5.74) is 6.89. The van der Waals surface area contributed by atoms with Gasteiger partial charge in [-0.1, -0.05) is 121 Å². The molecule has 0 aliphatic heterocycles. The standard InChI is InChI=1S/C33H29N3/c34-33(25-35-23-31(29-17-9-3-10-18-29)21-27-13-5-1-6-14-27)26-36-24-32(30-19-11-4-12-20-30)22-28-15-7-2-8-16-28/h1-24,34H,25-26H2/b31-21-,32-22-,34-33?,35-23?,36-24?. The lowest BCUT2D eigenvalue weighted by Crippen LogP contribution is -2.06. The molecule has 1 N–H and O–H groups in total. The molecule has 4 aromatic rings. The highest BCUT2D eigenvalue weighted by atomic mass is 14.8. The summed E-state index contributed by atoms with van der Waals surface area (Å²) in [6, 6.07) is 40.8. The molecule has 0 saturated heterocycles. The van der Waals surface area contributed by atoms with Crippen molar-refractivity contribution in [1.82, 2.24) is 0 Å². The molecule has 0 heterocycles. The van der Waals surface area contributed by atoms with Gasteiger partial charge in [0.2, 0.25) is 0 Å². The molecule has 0 fully saturated rings. The largest absolute Gasteiger partial charge is 0.306 e. The van der Waals surface area contributed by atoms with E-state index in [0.29, 0.717) is 18.8 Å². The van der Waals surface area contributed by atoms with Crippen molar-refractivity contribution in [3.63, 3.8) is 0 Å². The summed E-state index contributed by atoms with van der Waals surface area (Å²) in [7, 11) is 0. The maximum Gasteiger partial charge on any atom is 0.0784 e. The molecule has 4 rings (SSSR count). The minimum absolute atomic E-state index is 0.305. The Hall–Kier alpha value is -4.63. The number of benzene rings is 4. The summed E-state index contributed by atoms with van der Waals surface area (Å²) in [5, 5.41) is 8.36. The van der Waals surface area contributed by atoms with E-state index in [0.717, 1.165) is 33.4 Å². The third-order valence-corrected chi connectivity index (χ3v) is 5.48. The zero-order valence-corrected chi connectivity index (χ0v) is 20.2. The Labute approximate surface area is 213 Å². The first-order valence-electron chi connectivity index (χ1n) is 12.0. The van der Waals surface area contributed by atoms with Gasteiger partial charge >= 0.3 is 0 Å². The van der Waals surface area contributed by atoms with E-state index >= 15 is 0 Å². The molecular weight excluding hydrogens is 438 g/mol. The van der Waals surface area contributed by atoms with E-state index in [1.807, 2.05) is 85.2 Å². The SMILES string of the molecule is N=C(CN=C/C(=C/c1ccccc1)c1ccccc1)CN=C/C(=C/c1ccccc1)c1ccccc1. The zero-order chi connectivity index (χ0) is 24.8. The van der Waals surface area contributed by atoms with Gasteiger partial charge in [0.25, 0.3) is 0 Å². The molecule has 3 heteroatoms. The van der Waals surface area contributed by atoms with E-state index in [-0.39, 0.29) is 0 Å². The highest BCUT2D eigenvalue weighted by molar-refractivity contribution is 6.17. The number of allylic oxidation sites excluding steroid dienone is 2. The van der Waals surface area contributed by atoms with Crippen molar-refractivity contribution in [2.24, 2.45) is 9.98 Å². The van der Waals surface area contributed by atoms with Gasteiger partial charge in [0.05, 0.1) is 18.8 Å². The molecule has 0 aliphatic rings. The Bertz CT molecular complexity index is 1240. The normalized spacial score (nSPS) is 12.3. The molecule has 0 spiro atoms. The number of nitrogens with zero attached hydrogens (tertiary/aromatic N) is 2. The summed E-state index contributed by atoms with van der Waals surface area (Å²) < 4.78 is 0. The van der Waals surface area contributed by atoms with Gasteiger partial charge in [-0.25, -0.2) is 0 Å². The second kappa shape index (κ2) is 13.3. The maximum absolute atomic E-state index is 8.36. The Balaban J connectivity index is 1.43. The zero-order valence-electron chi connectivity index (χ0n) is 20.2. The fraction of sp³-hybridized carbons (Fsp3) is 0.0606. The Morgan fingerprint density at radius 1 is 0.500 bits per heavy atom. The number of hydrogen-bond acceptors (Lipinski definition) is 3. The van der Waals surface area contributed by atoms with Crippen LogP contribution in [0.4, 0.5) is 0 Å². The van der Waals surface area contributed by atoms with Crippen molar-refractivity contribution in [1.29, 1.82) is 5.41 Å². The van der Waals surface area contributed by atoms with Crippen molar-refractivity contribution >= 4 is 41.4 Å². The van der Waals surface area contributed by atoms with E-state index in [4.69, 9.17) is 5.41 Å². The lowest BCUT2D eigenvalue weighted by molar-refractivity contribution is 1.18. The minimum Gasteiger partial charge on any atom is -0.306 e. The van der Waals surface area contributed by atoms with Gasteiger partial charge in [-0.05, 0) is 34.4 Å². The van der Waals surface area contributed by atoms with Gasteiger partial charge in [0.15, 0.2) is 0 Å². The maximum atomic E-state index is 8.36. The lowest BCUT2D eigenvalue weighted by atomic mass is 10.0. The summed E-state index contributed by atoms with van der Waals surface area (Å²) in [6.45, 7) is 0.610. The van der Waals surface area contributed by atoms with Crippen molar-refractivity contribution in [2.45, 2.75) is 0 Å². The van der Waals surface area contributed by atoms with E-state index in [9.17, 15) is 0 Å². The molecule has 0 bridgehead atoms. The van der Waals surface area contributed by atoms with E-state index < -0.39 is 0 Å². The van der Waals surface area contributed by atoms with Crippen molar-refractivity contribution in [3.8, 4) is 0 Å². The monoisotopic (exact) mass is 467 g/mol.